The van der Waals surface area contributed by atoms with E-state index in [1.54, 1.807) is 12.0 Å². The van der Waals surface area contributed by atoms with Crippen LogP contribution in [0.5, 0.6) is 5.75 Å². The number of nitrogens with zero attached hydrogens (tertiary/aromatic N) is 2. The van der Waals surface area contributed by atoms with Crippen LogP contribution in [-0.2, 0) is 9.59 Å². The zero-order valence-electron chi connectivity index (χ0n) is 18.3. The molecule has 2 aromatic rings. The monoisotopic (exact) mass is 421 g/mol. The van der Waals surface area contributed by atoms with Crippen LogP contribution in [0.3, 0.4) is 0 Å². The number of aryl methyl sites for hydroxylation is 1. The highest BCUT2D eigenvalue weighted by molar-refractivity contribution is 6.00. The fourth-order valence-electron chi connectivity index (χ4n) is 4.56. The van der Waals surface area contributed by atoms with Gasteiger partial charge in [0.25, 0.3) is 0 Å². The smallest absolute Gasteiger partial charge is 0.227 e. The predicted octanol–water partition coefficient (Wildman–Crippen LogP) is 3.31. The van der Waals surface area contributed by atoms with Gasteiger partial charge in [0.05, 0.1) is 19.1 Å². The molecule has 2 heterocycles. The van der Waals surface area contributed by atoms with E-state index in [1.165, 1.54) is 12.8 Å². The van der Waals surface area contributed by atoms with Crippen molar-refractivity contribution < 1.29 is 14.3 Å². The Hall–Kier alpha value is -2.86. The van der Waals surface area contributed by atoms with E-state index in [2.05, 4.69) is 16.3 Å². The topological polar surface area (TPSA) is 61.9 Å². The highest BCUT2D eigenvalue weighted by Gasteiger charge is 2.35. The Balaban J connectivity index is 1.41. The molecule has 0 radical (unpaired) electrons. The molecule has 164 valence electrons. The van der Waals surface area contributed by atoms with Crippen molar-refractivity contribution in [2.75, 3.05) is 38.2 Å². The van der Waals surface area contributed by atoms with Gasteiger partial charge in [-0.05, 0) is 62.7 Å². The maximum Gasteiger partial charge on any atom is 0.227 e. The molecule has 0 bridgehead atoms. The number of hydrogen-bond acceptors (Lipinski definition) is 4. The molecular formula is C25H31N3O3. The standard InChI is InChI=1S/C25H31N3O3/c1-18-8-10-21(11-9-18)28-17-20(15-24(28)29)25(30)26-16-23(27-12-3-4-13-27)19-6-5-7-22(14-19)31-2/h5-11,14,20,23H,3-4,12-13,15-17H2,1-2H3,(H,26,30)/t20-,23-/m0/s1. The number of carbonyl (C=O) groups excluding carboxylic acids is 2. The molecular weight excluding hydrogens is 390 g/mol. The fourth-order valence-corrected chi connectivity index (χ4v) is 4.56. The van der Waals surface area contributed by atoms with E-state index in [0.717, 1.165) is 35.7 Å². The van der Waals surface area contributed by atoms with Gasteiger partial charge in [0.1, 0.15) is 5.75 Å². The van der Waals surface area contributed by atoms with Crippen molar-refractivity contribution in [3.8, 4) is 5.75 Å². The Morgan fingerprint density at radius 2 is 1.90 bits per heavy atom. The third-order valence-electron chi connectivity index (χ3n) is 6.37. The first-order valence-electron chi connectivity index (χ1n) is 11.1. The van der Waals surface area contributed by atoms with Crippen LogP contribution in [0.25, 0.3) is 0 Å². The molecule has 2 fully saturated rings. The lowest BCUT2D eigenvalue weighted by molar-refractivity contribution is -0.126. The number of nitrogens with one attached hydrogen (secondary N) is 1. The summed E-state index contributed by atoms with van der Waals surface area (Å²) >= 11 is 0. The first kappa shape index (κ1) is 21.4. The molecule has 2 saturated heterocycles. The Labute approximate surface area is 184 Å². The zero-order valence-corrected chi connectivity index (χ0v) is 18.3. The number of likely N-dealkylation sites (tertiary alicyclic amines) is 1. The van der Waals surface area contributed by atoms with Crippen molar-refractivity contribution in [1.82, 2.24) is 10.2 Å². The number of methoxy groups -OCH3 is 1. The summed E-state index contributed by atoms with van der Waals surface area (Å²) in [6.45, 7) is 5.04. The lowest BCUT2D eigenvalue weighted by atomic mass is 10.0. The Morgan fingerprint density at radius 1 is 1.16 bits per heavy atom. The maximum absolute atomic E-state index is 13.0. The molecule has 2 aliphatic rings. The normalized spacial score (nSPS) is 20.1. The molecule has 0 aromatic heterocycles. The molecule has 0 saturated carbocycles. The largest absolute Gasteiger partial charge is 0.497 e. The number of rotatable bonds is 7. The van der Waals surface area contributed by atoms with Gasteiger partial charge in [0, 0.05) is 25.2 Å². The minimum atomic E-state index is -0.321. The molecule has 0 unspecified atom stereocenters. The molecule has 2 atom stereocenters. The number of benzene rings is 2. The minimum absolute atomic E-state index is 0.00731. The van der Waals surface area contributed by atoms with Crippen molar-refractivity contribution in [3.63, 3.8) is 0 Å². The van der Waals surface area contributed by atoms with E-state index in [9.17, 15) is 9.59 Å². The molecule has 31 heavy (non-hydrogen) atoms. The number of amides is 2. The molecule has 2 aromatic carbocycles. The third kappa shape index (κ3) is 4.90. The average molecular weight is 422 g/mol. The number of carbonyl (C=O) groups is 2. The van der Waals surface area contributed by atoms with Gasteiger partial charge < -0.3 is 15.0 Å². The quantitative estimate of drug-likeness (QED) is 0.745. The van der Waals surface area contributed by atoms with Crippen molar-refractivity contribution >= 4 is 17.5 Å². The summed E-state index contributed by atoms with van der Waals surface area (Å²) in [6.07, 6.45) is 2.61. The van der Waals surface area contributed by atoms with Gasteiger partial charge in [0.2, 0.25) is 11.8 Å². The van der Waals surface area contributed by atoms with Gasteiger partial charge in [-0.15, -0.1) is 0 Å². The van der Waals surface area contributed by atoms with Gasteiger partial charge in [-0.25, -0.2) is 0 Å². The second-order valence-corrected chi connectivity index (χ2v) is 8.52. The van der Waals surface area contributed by atoms with E-state index in [-0.39, 0.29) is 30.2 Å². The molecule has 0 aliphatic carbocycles. The zero-order chi connectivity index (χ0) is 21.8. The SMILES string of the molecule is COc1cccc([C@H](CNC(=O)[C@H]2CC(=O)N(c3ccc(C)cc3)C2)N2CCCC2)c1. The molecule has 1 N–H and O–H groups in total. The molecule has 6 nitrogen and oxygen atoms in total. The minimum Gasteiger partial charge on any atom is -0.497 e. The summed E-state index contributed by atoms with van der Waals surface area (Å²) in [5, 5.41) is 3.14. The van der Waals surface area contributed by atoms with E-state index < -0.39 is 0 Å². The van der Waals surface area contributed by atoms with Crippen molar-refractivity contribution in [2.24, 2.45) is 5.92 Å². The predicted molar refractivity (Wildman–Crippen MR) is 121 cm³/mol. The van der Waals surface area contributed by atoms with Crippen LogP contribution in [-0.4, -0.2) is 50.0 Å². The Bertz CT molecular complexity index is 922. The average Bonchev–Trinajstić information content (AvgIpc) is 3.45. The molecule has 2 amide bonds. The van der Waals surface area contributed by atoms with Gasteiger partial charge in [0.15, 0.2) is 0 Å². The lowest BCUT2D eigenvalue weighted by Crippen LogP contribution is -2.40. The number of ether oxygens (including phenoxy) is 1. The summed E-state index contributed by atoms with van der Waals surface area (Å²) < 4.78 is 5.40. The van der Waals surface area contributed by atoms with Crippen LogP contribution in [0.15, 0.2) is 48.5 Å². The van der Waals surface area contributed by atoms with Crippen LogP contribution in [0.1, 0.15) is 36.4 Å². The Morgan fingerprint density at radius 3 is 2.61 bits per heavy atom. The highest BCUT2D eigenvalue weighted by atomic mass is 16.5. The molecule has 6 heteroatoms. The van der Waals surface area contributed by atoms with Gasteiger partial charge in [-0.1, -0.05) is 29.8 Å². The number of anilines is 1. The van der Waals surface area contributed by atoms with Gasteiger partial charge in [-0.3, -0.25) is 14.5 Å². The Kier molecular flexibility index (Phi) is 6.56. The first-order chi connectivity index (χ1) is 15.0. The first-order valence-corrected chi connectivity index (χ1v) is 11.1. The highest BCUT2D eigenvalue weighted by Crippen LogP contribution is 2.28. The summed E-state index contributed by atoms with van der Waals surface area (Å²) in [7, 11) is 1.67. The maximum atomic E-state index is 13.0. The molecule has 4 rings (SSSR count). The summed E-state index contributed by atoms with van der Waals surface area (Å²) in [5.41, 5.74) is 3.15. The van der Waals surface area contributed by atoms with E-state index in [1.807, 2.05) is 49.4 Å². The summed E-state index contributed by atoms with van der Waals surface area (Å²) in [6, 6.07) is 16.0. The van der Waals surface area contributed by atoms with Crippen LogP contribution >= 0.6 is 0 Å². The van der Waals surface area contributed by atoms with Crippen molar-refractivity contribution in [3.05, 3.63) is 59.7 Å². The molecule has 0 spiro atoms. The second-order valence-electron chi connectivity index (χ2n) is 8.52. The lowest BCUT2D eigenvalue weighted by Gasteiger charge is -2.29. The van der Waals surface area contributed by atoms with Crippen molar-refractivity contribution in [2.45, 2.75) is 32.2 Å². The molecule has 2 aliphatic heterocycles. The van der Waals surface area contributed by atoms with Crippen LogP contribution < -0.4 is 15.0 Å². The second kappa shape index (κ2) is 9.52. The van der Waals surface area contributed by atoms with Gasteiger partial charge >= 0.3 is 0 Å². The van der Waals surface area contributed by atoms with Crippen LogP contribution in [0.4, 0.5) is 5.69 Å². The number of hydrogen-bond donors (Lipinski definition) is 1. The van der Waals surface area contributed by atoms with E-state index in [0.29, 0.717) is 13.1 Å². The fraction of sp³-hybridized carbons (Fsp3) is 0.440. The van der Waals surface area contributed by atoms with Crippen LogP contribution in [0.2, 0.25) is 0 Å². The summed E-state index contributed by atoms with van der Waals surface area (Å²) in [4.78, 5) is 29.6. The van der Waals surface area contributed by atoms with E-state index >= 15 is 0 Å². The van der Waals surface area contributed by atoms with Crippen molar-refractivity contribution in [1.29, 1.82) is 0 Å². The van der Waals surface area contributed by atoms with E-state index in [4.69, 9.17) is 4.74 Å². The summed E-state index contributed by atoms with van der Waals surface area (Å²) in [5.74, 6) is 0.462. The third-order valence-corrected chi connectivity index (χ3v) is 6.37. The van der Waals surface area contributed by atoms with Crippen LogP contribution in [0, 0.1) is 12.8 Å². The van der Waals surface area contributed by atoms with Gasteiger partial charge in [-0.2, -0.15) is 0 Å².